The molecule has 158 valence electrons. The smallest absolute Gasteiger partial charge is 0.252 e. The van der Waals surface area contributed by atoms with E-state index in [1.165, 1.54) is 5.56 Å². The molecule has 0 saturated heterocycles. The van der Waals surface area contributed by atoms with Crippen LogP contribution < -0.4 is 16.4 Å². The number of hydrogen-bond acceptors (Lipinski definition) is 4. The average Bonchev–Trinajstić information content (AvgIpc) is 3.23. The van der Waals surface area contributed by atoms with Crippen LogP contribution in [0.15, 0.2) is 42.7 Å². The number of fused-ring (bicyclic) bond motifs is 1. The lowest BCUT2D eigenvalue weighted by Crippen LogP contribution is -2.53. The maximum Gasteiger partial charge on any atom is 0.252 e. The summed E-state index contributed by atoms with van der Waals surface area (Å²) in [6, 6.07) is 10.6. The zero-order chi connectivity index (χ0) is 21.7. The van der Waals surface area contributed by atoms with Gasteiger partial charge in [-0.1, -0.05) is 43.7 Å². The Balaban J connectivity index is 1.81. The highest BCUT2D eigenvalue weighted by molar-refractivity contribution is 6.02. The molecule has 2 heterocycles. The van der Waals surface area contributed by atoms with Crippen molar-refractivity contribution in [3.63, 3.8) is 0 Å². The second kappa shape index (κ2) is 7.13. The van der Waals surface area contributed by atoms with Gasteiger partial charge in [0, 0.05) is 28.8 Å². The number of anilines is 1. The standard InChI is InChI=1S/C24H31N5O/c1-15-7-6-8-16(11-15)17-12-19-21(18(22(25)30)13-27-29(19)14-17)28-20-9-10-24(4,26-5)23(20,2)3/h6-8,11-14,20,26,28H,9-10H2,1-5H3,(H2,25,30)/t20-,24?/m1/s1. The van der Waals surface area contributed by atoms with Crippen molar-refractivity contribution in [3.8, 4) is 11.1 Å². The summed E-state index contributed by atoms with van der Waals surface area (Å²) < 4.78 is 1.83. The van der Waals surface area contributed by atoms with E-state index in [2.05, 4.69) is 67.7 Å². The number of primary amides is 1. The van der Waals surface area contributed by atoms with E-state index in [-0.39, 0.29) is 17.0 Å². The quantitative estimate of drug-likeness (QED) is 0.599. The Morgan fingerprint density at radius 1 is 1.23 bits per heavy atom. The summed E-state index contributed by atoms with van der Waals surface area (Å²) >= 11 is 0. The van der Waals surface area contributed by atoms with E-state index in [1.807, 2.05) is 23.8 Å². The van der Waals surface area contributed by atoms with Gasteiger partial charge in [0.05, 0.1) is 23.0 Å². The topological polar surface area (TPSA) is 84.5 Å². The number of carbonyl (C=O) groups excluding carboxylic acids is 1. The largest absolute Gasteiger partial charge is 0.379 e. The zero-order valence-electron chi connectivity index (χ0n) is 18.4. The fourth-order valence-corrected chi connectivity index (χ4v) is 4.75. The van der Waals surface area contributed by atoms with Gasteiger partial charge >= 0.3 is 0 Å². The molecular formula is C24H31N5O. The molecule has 4 N–H and O–H groups in total. The van der Waals surface area contributed by atoms with Crippen molar-refractivity contribution in [1.82, 2.24) is 14.9 Å². The van der Waals surface area contributed by atoms with Gasteiger partial charge in [-0.05, 0) is 45.4 Å². The Labute approximate surface area is 177 Å². The normalized spacial score (nSPS) is 23.0. The van der Waals surface area contributed by atoms with Crippen LogP contribution in [0.2, 0.25) is 0 Å². The van der Waals surface area contributed by atoms with Crippen LogP contribution in [0.5, 0.6) is 0 Å². The van der Waals surface area contributed by atoms with Crippen molar-refractivity contribution < 1.29 is 4.79 Å². The number of rotatable bonds is 5. The van der Waals surface area contributed by atoms with Crippen LogP contribution in [0.1, 0.15) is 49.5 Å². The third-order valence-corrected chi connectivity index (χ3v) is 7.35. The van der Waals surface area contributed by atoms with Crippen LogP contribution in [-0.2, 0) is 0 Å². The fraction of sp³-hybridized carbons (Fsp3) is 0.417. The minimum Gasteiger partial charge on any atom is -0.379 e. The van der Waals surface area contributed by atoms with Gasteiger partial charge in [-0.25, -0.2) is 4.52 Å². The minimum absolute atomic E-state index is 0.00951. The summed E-state index contributed by atoms with van der Waals surface area (Å²) in [5.74, 6) is -0.474. The summed E-state index contributed by atoms with van der Waals surface area (Å²) in [6.07, 6.45) is 5.62. The van der Waals surface area contributed by atoms with Crippen LogP contribution in [0.4, 0.5) is 5.69 Å². The van der Waals surface area contributed by atoms with E-state index in [0.717, 1.165) is 35.2 Å². The molecule has 1 aliphatic rings. The Bertz CT molecular complexity index is 1120. The predicted molar refractivity (Wildman–Crippen MR) is 122 cm³/mol. The molecule has 0 aliphatic heterocycles. The van der Waals surface area contributed by atoms with Crippen molar-refractivity contribution in [3.05, 3.63) is 53.9 Å². The molecule has 1 unspecified atom stereocenters. The maximum absolute atomic E-state index is 12.2. The molecule has 2 atom stereocenters. The van der Waals surface area contributed by atoms with Gasteiger partial charge in [-0.15, -0.1) is 0 Å². The van der Waals surface area contributed by atoms with Crippen LogP contribution in [-0.4, -0.2) is 34.1 Å². The molecule has 2 aromatic heterocycles. The van der Waals surface area contributed by atoms with Crippen LogP contribution in [0.3, 0.4) is 0 Å². The molecule has 1 amide bonds. The van der Waals surface area contributed by atoms with E-state index < -0.39 is 5.91 Å². The van der Waals surface area contributed by atoms with Crippen molar-refractivity contribution >= 4 is 17.1 Å². The van der Waals surface area contributed by atoms with Crippen molar-refractivity contribution in [1.29, 1.82) is 0 Å². The predicted octanol–water partition coefficient (Wildman–Crippen LogP) is 3.99. The Morgan fingerprint density at radius 3 is 2.63 bits per heavy atom. The molecule has 0 spiro atoms. The monoisotopic (exact) mass is 405 g/mol. The molecule has 1 aliphatic carbocycles. The second-order valence-electron chi connectivity index (χ2n) is 9.26. The fourth-order valence-electron chi connectivity index (χ4n) is 4.75. The lowest BCUT2D eigenvalue weighted by atomic mass is 9.74. The summed E-state index contributed by atoms with van der Waals surface area (Å²) in [5.41, 5.74) is 11.1. The Kier molecular flexibility index (Phi) is 4.85. The number of aromatic nitrogens is 2. The molecule has 0 radical (unpaired) electrons. The number of nitrogens with one attached hydrogen (secondary N) is 2. The number of nitrogens with two attached hydrogens (primary N) is 1. The molecule has 1 fully saturated rings. The first kappa shape index (κ1) is 20.4. The van der Waals surface area contributed by atoms with Crippen molar-refractivity contribution in [2.45, 2.75) is 52.1 Å². The molecule has 6 heteroatoms. The number of aryl methyl sites for hydroxylation is 1. The van der Waals surface area contributed by atoms with Gasteiger partial charge in [-0.2, -0.15) is 5.10 Å². The molecule has 1 saturated carbocycles. The first-order valence-electron chi connectivity index (χ1n) is 10.5. The molecule has 0 bridgehead atoms. The van der Waals surface area contributed by atoms with Crippen molar-refractivity contribution in [2.75, 3.05) is 12.4 Å². The second-order valence-corrected chi connectivity index (χ2v) is 9.26. The number of amides is 1. The minimum atomic E-state index is -0.474. The number of benzene rings is 1. The van der Waals surface area contributed by atoms with Gasteiger partial charge < -0.3 is 16.4 Å². The third kappa shape index (κ3) is 3.16. The van der Waals surface area contributed by atoms with Gasteiger partial charge in [0.15, 0.2) is 0 Å². The van der Waals surface area contributed by atoms with Crippen LogP contribution >= 0.6 is 0 Å². The van der Waals surface area contributed by atoms with E-state index >= 15 is 0 Å². The van der Waals surface area contributed by atoms with E-state index in [4.69, 9.17) is 5.73 Å². The molecular weight excluding hydrogens is 374 g/mol. The van der Waals surface area contributed by atoms with Crippen molar-refractivity contribution in [2.24, 2.45) is 11.1 Å². The van der Waals surface area contributed by atoms with E-state index in [9.17, 15) is 4.79 Å². The summed E-state index contributed by atoms with van der Waals surface area (Å²) in [7, 11) is 2.02. The Morgan fingerprint density at radius 2 is 2.00 bits per heavy atom. The molecule has 4 rings (SSSR count). The highest BCUT2D eigenvalue weighted by atomic mass is 16.1. The molecule has 30 heavy (non-hydrogen) atoms. The zero-order valence-corrected chi connectivity index (χ0v) is 18.4. The first-order chi connectivity index (χ1) is 14.2. The number of hydrogen-bond donors (Lipinski definition) is 3. The van der Waals surface area contributed by atoms with Crippen LogP contribution in [0.25, 0.3) is 16.6 Å². The molecule has 3 aromatic rings. The third-order valence-electron chi connectivity index (χ3n) is 7.35. The first-order valence-corrected chi connectivity index (χ1v) is 10.5. The number of carbonyl (C=O) groups is 1. The molecule has 6 nitrogen and oxygen atoms in total. The van der Waals surface area contributed by atoms with Crippen LogP contribution in [0, 0.1) is 12.3 Å². The van der Waals surface area contributed by atoms with Gasteiger partial charge in [0.1, 0.15) is 0 Å². The van der Waals surface area contributed by atoms with E-state index in [1.54, 1.807) is 6.20 Å². The average molecular weight is 406 g/mol. The Hall–Kier alpha value is -2.86. The highest BCUT2D eigenvalue weighted by Crippen LogP contribution is 2.47. The highest BCUT2D eigenvalue weighted by Gasteiger charge is 2.51. The van der Waals surface area contributed by atoms with Gasteiger partial charge in [-0.3, -0.25) is 4.79 Å². The number of nitrogens with zero attached hydrogens (tertiary/aromatic N) is 2. The summed E-state index contributed by atoms with van der Waals surface area (Å²) in [6.45, 7) is 8.88. The van der Waals surface area contributed by atoms with Gasteiger partial charge in [0.25, 0.3) is 5.91 Å². The van der Waals surface area contributed by atoms with E-state index in [0.29, 0.717) is 5.56 Å². The lowest BCUT2D eigenvalue weighted by Gasteiger charge is -2.42. The maximum atomic E-state index is 12.2. The molecule has 1 aromatic carbocycles. The lowest BCUT2D eigenvalue weighted by molar-refractivity contribution is 0.100. The summed E-state index contributed by atoms with van der Waals surface area (Å²) in [4.78, 5) is 12.2. The SMILES string of the molecule is CNC1(C)CC[C@@H](Nc2c(C(N)=O)cnn3cc(-c4cccc(C)c4)cc23)C1(C)C. The summed E-state index contributed by atoms with van der Waals surface area (Å²) in [5, 5.41) is 11.6. The van der Waals surface area contributed by atoms with Gasteiger partial charge in [0.2, 0.25) is 0 Å².